The van der Waals surface area contributed by atoms with Crippen molar-refractivity contribution in [1.82, 2.24) is 5.32 Å². The monoisotopic (exact) mass is 245 g/mol. The molecule has 0 spiro atoms. The Hall–Kier alpha value is 0.0400. The molecule has 0 aromatic rings. The van der Waals surface area contributed by atoms with E-state index in [1.807, 2.05) is 0 Å². The Morgan fingerprint density at radius 3 is 2.00 bits per heavy atom. The van der Waals surface area contributed by atoms with Crippen LogP contribution in [0.1, 0.15) is 39.5 Å². The number of alkyl halides is 3. The molecule has 1 aliphatic rings. The van der Waals surface area contributed by atoms with Crippen molar-refractivity contribution in [3.8, 4) is 0 Å². The lowest BCUT2D eigenvalue weighted by Crippen LogP contribution is -2.50. The Labute approximate surface area is 95.2 Å². The van der Waals surface area contributed by atoms with Crippen LogP contribution in [0.2, 0.25) is 0 Å². The van der Waals surface area contributed by atoms with Crippen molar-refractivity contribution in [2.24, 2.45) is 5.92 Å². The average molecular weight is 246 g/mol. The molecule has 0 aliphatic heterocycles. The standard InChI is InChI=1S/C10H18F3N.ClH/c1-3-8(4-2)14-9-5-7(6-9)10(11,12)13;/h7-9,14H,3-6H2,1-2H3;1H. The van der Waals surface area contributed by atoms with E-state index in [-0.39, 0.29) is 31.3 Å². The van der Waals surface area contributed by atoms with Crippen molar-refractivity contribution in [2.75, 3.05) is 0 Å². The lowest BCUT2D eigenvalue weighted by Gasteiger charge is -2.39. The molecule has 1 nitrogen and oxygen atoms in total. The minimum absolute atomic E-state index is 0. The van der Waals surface area contributed by atoms with Gasteiger partial charge in [-0.25, -0.2) is 0 Å². The maximum atomic E-state index is 12.1. The lowest BCUT2D eigenvalue weighted by atomic mass is 9.79. The molecule has 92 valence electrons. The SMILES string of the molecule is CCC(CC)NC1CC(C(F)(F)F)C1.Cl. The zero-order valence-corrected chi connectivity index (χ0v) is 9.92. The summed E-state index contributed by atoms with van der Waals surface area (Å²) >= 11 is 0. The number of hydrogen-bond acceptors (Lipinski definition) is 1. The van der Waals surface area contributed by atoms with Crippen LogP contribution in [-0.4, -0.2) is 18.3 Å². The second kappa shape index (κ2) is 5.94. The summed E-state index contributed by atoms with van der Waals surface area (Å²) in [4.78, 5) is 0. The Bertz CT molecular complexity index is 174. The van der Waals surface area contributed by atoms with Gasteiger partial charge in [-0.2, -0.15) is 13.2 Å². The van der Waals surface area contributed by atoms with E-state index < -0.39 is 12.1 Å². The van der Waals surface area contributed by atoms with E-state index >= 15 is 0 Å². The van der Waals surface area contributed by atoms with Crippen LogP contribution in [0.25, 0.3) is 0 Å². The van der Waals surface area contributed by atoms with Crippen LogP contribution in [0.15, 0.2) is 0 Å². The summed E-state index contributed by atoms with van der Waals surface area (Å²) in [6.45, 7) is 4.11. The summed E-state index contributed by atoms with van der Waals surface area (Å²) in [5, 5.41) is 3.25. The highest BCUT2D eigenvalue weighted by Crippen LogP contribution is 2.41. The molecule has 5 heteroatoms. The van der Waals surface area contributed by atoms with Gasteiger partial charge in [0, 0.05) is 12.1 Å². The molecule has 1 aliphatic carbocycles. The van der Waals surface area contributed by atoms with Crippen LogP contribution in [-0.2, 0) is 0 Å². The molecule has 1 fully saturated rings. The van der Waals surface area contributed by atoms with E-state index in [1.54, 1.807) is 0 Å². The van der Waals surface area contributed by atoms with Crippen molar-refractivity contribution >= 4 is 12.4 Å². The first-order chi connectivity index (χ1) is 6.47. The van der Waals surface area contributed by atoms with E-state index in [1.165, 1.54) is 0 Å². The number of nitrogens with one attached hydrogen (secondary N) is 1. The summed E-state index contributed by atoms with van der Waals surface area (Å²) in [6.07, 6.45) is -1.47. The van der Waals surface area contributed by atoms with Gasteiger partial charge in [-0.1, -0.05) is 13.8 Å². The van der Waals surface area contributed by atoms with E-state index in [4.69, 9.17) is 0 Å². The molecule has 0 bridgehead atoms. The first kappa shape index (κ1) is 15.0. The van der Waals surface area contributed by atoms with Crippen LogP contribution in [0.4, 0.5) is 13.2 Å². The molecule has 1 N–H and O–H groups in total. The van der Waals surface area contributed by atoms with Gasteiger partial charge in [0.2, 0.25) is 0 Å². The van der Waals surface area contributed by atoms with E-state index in [2.05, 4.69) is 19.2 Å². The van der Waals surface area contributed by atoms with Gasteiger partial charge >= 0.3 is 6.18 Å². The van der Waals surface area contributed by atoms with Gasteiger partial charge in [0.15, 0.2) is 0 Å². The predicted octanol–water partition coefficient (Wildman–Crippen LogP) is 3.53. The second-order valence-electron chi connectivity index (χ2n) is 4.09. The van der Waals surface area contributed by atoms with Gasteiger partial charge in [0.05, 0.1) is 5.92 Å². The quantitative estimate of drug-likeness (QED) is 0.799. The lowest BCUT2D eigenvalue weighted by molar-refractivity contribution is -0.199. The fourth-order valence-corrected chi connectivity index (χ4v) is 1.88. The Morgan fingerprint density at radius 1 is 1.20 bits per heavy atom. The van der Waals surface area contributed by atoms with Gasteiger partial charge < -0.3 is 5.32 Å². The molecule has 0 heterocycles. The van der Waals surface area contributed by atoms with Crippen molar-refractivity contribution in [2.45, 2.75) is 57.8 Å². The molecular weight excluding hydrogens is 227 g/mol. The molecule has 1 rings (SSSR count). The van der Waals surface area contributed by atoms with Crippen LogP contribution in [0.5, 0.6) is 0 Å². The first-order valence-corrected chi connectivity index (χ1v) is 5.30. The Kier molecular flexibility index (Phi) is 5.96. The second-order valence-corrected chi connectivity index (χ2v) is 4.09. The smallest absolute Gasteiger partial charge is 0.311 e. The average Bonchev–Trinajstić information content (AvgIpc) is 2.00. The van der Waals surface area contributed by atoms with Gasteiger partial charge in [-0.3, -0.25) is 0 Å². The van der Waals surface area contributed by atoms with Crippen LogP contribution in [0, 0.1) is 5.92 Å². The van der Waals surface area contributed by atoms with Gasteiger partial charge in [-0.05, 0) is 25.7 Å². The van der Waals surface area contributed by atoms with Crippen molar-refractivity contribution in [3.63, 3.8) is 0 Å². The van der Waals surface area contributed by atoms with Crippen molar-refractivity contribution < 1.29 is 13.2 Å². The van der Waals surface area contributed by atoms with Crippen molar-refractivity contribution in [3.05, 3.63) is 0 Å². The molecule has 0 aromatic carbocycles. The summed E-state index contributed by atoms with van der Waals surface area (Å²) in [7, 11) is 0. The third-order valence-corrected chi connectivity index (χ3v) is 3.06. The molecule has 15 heavy (non-hydrogen) atoms. The summed E-state index contributed by atoms with van der Waals surface area (Å²) in [6, 6.07) is 0.473. The minimum atomic E-state index is -3.98. The van der Waals surface area contributed by atoms with E-state index in [9.17, 15) is 13.2 Å². The minimum Gasteiger partial charge on any atom is -0.311 e. The Balaban J connectivity index is 0.00000196. The molecule has 0 aromatic heterocycles. The fourth-order valence-electron chi connectivity index (χ4n) is 1.88. The zero-order valence-electron chi connectivity index (χ0n) is 9.10. The van der Waals surface area contributed by atoms with Crippen LogP contribution in [0.3, 0.4) is 0 Å². The molecule has 0 amide bonds. The number of rotatable bonds is 4. The fraction of sp³-hybridized carbons (Fsp3) is 1.00. The first-order valence-electron chi connectivity index (χ1n) is 5.30. The largest absolute Gasteiger partial charge is 0.391 e. The molecule has 0 radical (unpaired) electrons. The maximum absolute atomic E-state index is 12.1. The molecule has 1 saturated carbocycles. The highest BCUT2D eigenvalue weighted by Gasteiger charge is 2.47. The molecule has 0 unspecified atom stereocenters. The summed E-state index contributed by atoms with van der Waals surface area (Å²) < 4.78 is 36.4. The molecular formula is C10H19ClF3N. The maximum Gasteiger partial charge on any atom is 0.391 e. The topological polar surface area (TPSA) is 12.0 Å². The highest BCUT2D eigenvalue weighted by atomic mass is 35.5. The van der Waals surface area contributed by atoms with Crippen LogP contribution >= 0.6 is 12.4 Å². The predicted molar refractivity (Wildman–Crippen MR) is 57.3 cm³/mol. The normalized spacial score (nSPS) is 26.0. The summed E-state index contributed by atoms with van der Waals surface area (Å²) in [5.74, 6) is -1.06. The van der Waals surface area contributed by atoms with Crippen molar-refractivity contribution in [1.29, 1.82) is 0 Å². The Morgan fingerprint density at radius 2 is 1.67 bits per heavy atom. The van der Waals surface area contributed by atoms with Gasteiger partial charge in [-0.15, -0.1) is 12.4 Å². The van der Waals surface area contributed by atoms with E-state index in [0.717, 1.165) is 12.8 Å². The molecule has 0 atom stereocenters. The third-order valence-electron chi connectivity index (χ3n) is 3.06. The van der Waals surface area contributed by atoms with Crippen LogP contribution < -0.4 is 5.32 Å². The third kappa shape index (κ3) is 4.19. The van der Waals surface area contributed by atoms with E-state index in [0.29, 0.717) is 6.04 Å². The zero-order chi connectivity index (χ0) is 10.8. The number of hydrogen-bond donors (Lipinski definition) is 1. The highest BCUT2D eigenvalue weighted by molar-refractivity contribution is 5.85. The van der Waals surface area contributed by atoms with Gasteiger partial charge in [0.25, 0.3) is 0 Å². The van der Waals surface area contributed by atoms with Gasteiger partial charge in [0.1, 0.15) is 0 Å². The number of halogens is 4. The molecule has 0 saturated heterocycles. The summed E-state index contributed by atoms with van der Waals surface area (Å²) in [5.41, 5.74) is 0.